The largest absolute Gasteiger partial charge is 0.480 e. The first kappa shape index (κ1) is 20.3. The summed E-state index contributed by atoms with van der Waals surface area (Å²) in [7, 11) is 4.18. The second-order valence-electron chi connectivity index (χ2n) is 6.26. The molecule has 0 aromatic rings. The van der Waals surface area contributed by atoms with Crippen LogP contribution in [0.25, 0.3) is 0 Å². The number of carbonyl (C=O) groups is 1. The molecule has 0 aliphatic carbocycles. The summed E-state index contributed by atoms with van der Waals surface area (Å²) < 4.78 is 0. The molecule has 5 heteroatoms. The lowest BCUT2D eigenvalue weighted by molar-refractivity contribution is -0.144. The third-order valence-corrected chi connectivity index (χ3v) is 3.92. The molecule has 0 heterocycles. The van der Waals surface area contributed by atoms with Crippen LogP contribution < -0.4 is 5.32 Å². The molecule has 0 spiro atoms. The Kier molecular flexibility index (Phi) is 10.6. The lowest BCUT2D eigenvalue weighted by Gasteiger charge is -2.28. The van der Waals surface area contributed by atoms with E-state index in [1.54, 1.807) is 6.92 Å². The molecular weight excluding hydrogens is 266 g/mol. The van der Waals surface area contributed by atoms with Gasteiger partial charge in [0.1, 0.15) is 5.54 Å². The fraction of sp³-hybridized carbons (Fsp3) is 0.938. The van der Waals surface area contributed by atoms with E-state index in [0.29, 0.717) is 6.42 Å². The van der Waals surface area contributed by atoms with Gasteiger partial charge in [-0.1, -0.05) is 13.8 Å². The van der Waals surface area contributed by atoms with Gasteiger partial charge in [0.2, 0.25) is 0 Å². The van der Waals surface area contributed by atoms with Gasteiger partial charge >= 0.3 is 5.97 Å². The lowest BCUT2D eigenvalue weighted by atomic mass is 9.95. The molecule has 0 aromatic carbocycles. The fourth-order valence-electron chi connectivity index (χ4n) is 2.37. The van der Waals surface area contributed by atoms with Crippen LogP contribution >= 0.6 is 0 Å². The van der Waals surface area contributed by atoms with Gasteiger partial charge in [0.25, 0.3) is 0 Å². The predicted octanol–water partition coefficient (Wildman–Crippen LogP) is 1.88. The van der Waals surface area contributed by atoms with Crippen molar-refractivity contribution in [3.8, 4) is 0 Å². The smallest absolute Gasteiger partial charge is 0.323 e. The maximum Gasteiger partial charge on any atom is 0.323 e. The van der Waals surface area contributed by atoms with Crippen LogP contribution in [0.5, 0.6) is 0 Å². The molecule has 5 nitrogen and oxygen atoms in total. The molecule has 0 bridgehead atoms. The van der Waals surface area contributed by atoms with Gasteiger partial charge in [-0.2, -0.15) is 0 Å². The highest BCUT2D eigenvalue weighted by Crippen LogP contribution is 2.13. The van der Waals surface area contributed by atoms with Crippen LogP contribution in [-0.2, 0) is 4.79 Å². The molecule has 21 heavy (non-hydrogen) atoms. The van der Waals surface area contributed by atoms with Gasteiger partial charge in [-0.15, -0.1) is 0 Å². The van der Waals surface area contributed by atoms with E-state index in [9.17, 15) is 9.90 Å². The minimum Gasteiger partial charge on any atom is -0.480 e. The topological polar surface area (TPSA) is 55.8 Å². The van der Waals surface area contributed by atoms with Crippen molar-refractivity contribution >= 4 is 5.97 Å². The Morgan fingerprint density at radius 1 is 1.14 bits per heavy atom. The minimum atomic E-state index is -0.793. The molecule has 0 saturated carbocycles. The van der Waals surface area contributed by atoms with Gasteiger partial charge in [0.05, 0.1) is 0 Å². The van der Waals surface area contributed by atoms with Crippen LogP contribution in [0.3, 0.4) is 0 Å². The van der Waals surface area contributed by atoms with Crippen molar-refractivity contribution < 1.29 is 9.90 Å². The molecule has 0 radical (unpaired) electrons. The maximum atomic E-state index is 11.4. The zero-order chi connectivity index (χ0) is 16.3. The Bertz CT molecular complexity index is 285. The molecule has 0 fully saturated rings. The van der Waals surface area contributed by atoms with Crippen LogP contribution in [0.15, 0.2) is 0 Å². The highest BCUT2D eigenvalue weighted by atomic mass is 16.4. The SMILES string of the molecule is CCCNC(C)(CCCN(CC)CCCN(C)C)C(=O)O. The zero-order valence-corrected chi connectivity index (χ0v) is 14.6. The standard InChI is InChI=1S/C16H35N3O2/c1-6-11-17-16(3,15(20)21)10-8-13-19(7-2)14-9-12-18(4)5/h17H,6-14H2,1-5H3,(H,20,21). The van der Waals surface area contributed by atoms with Gasteiger partial charge in [-0.05, 0) is 79.4 Å². The number of carboxylic acids is 1. The van der Waals surface area contributed by atoms with Gasteiger partial charge in [-0.3, -0.25) is 4.79 Å². The Morgan fingerprint density at radius 3 is 2.24 bits per heavy atom. The van der Waals surface area contributed by atoms with Crippen LogP contribution in [0.1, 0.15) is 46.5 Å². The minimum absolute atomic E-state index is 0.673. The van der Waals surface area contributed by atoms with Crippen LogP contribution in [0.4, 0.5) is 0 Å². The molecule has 0 aromatic heterocycles. The average Bonchev–Trinajstić information content (AvgIpc) is 2.42. The van der Waals surface area contributed by atoms with E-state index in [1.807, 2.05) is 0 Å². The van der Waals surface area contributed by atoms with Crippen molar-refractivity contribution in [3.05, 3.63) is 0 Å². The van der Waals surface area contributed by atoms with E-state index >= 15 is 0 Å². The molecule has 2 N–H and O–H groups in total. The van der Waals surface area contributed by atoms with Gasteiger partial charge in [0, 0.05) is 0 Å². The van der Waals surface area contributed by atoms with Crippen molar-refractivity contribution in [3.63, 3.8) is 0 Å². The number of aliphatic carboxylic acids is 1. The van der Waals surface area contributed by atoms with Crippen molar-refractivity contribution in [2.75, 3.05) is 46.8 Å². The van der Waals surface area contributed by atoms with Crippen LogP contribution in [0, 0.1) is 0 Å². The van der Waals surface area contributed by atoms with Crippen LogP contribution in [-0.4, -0.2) is 73.2 Å². The van der Waals surface area contributed by atoms with Crippen LogP contribution in [0.2, 0.25) is 0 Å². The number of nitrogens with one attached hydrogen (secondary N) is 1. The predicted molar refractivity (Wildman–Crippen MR) is 88.9 cm³/mol. The highest BCUT2D eigenvalue weighted by Gasteiger charge is 2.31. The lowest BCUT2D eigenvalue weighted by Crippen LogP contribution is -2.50. The molecule has 0 aliphatic rings. The summed E-state index contributed by atoms with van der Waals surface area (Å²) in [5, 5.41) is 12.6. The first-order valence-corrected chi connectivity index (χ1v) is 8.21. The quantitative estimate of drug-likeness (QED) is 0.544. The van der Waals surface area contributed by atoms with E-state index in [4.69, 9.17) is 0 Å². The summed E-state index contributed by atoms with van der Waals surface area (Å²) in [6.07, 6.45) is 3.70. The highest BCUT2D eigenvalue weighted by molar-refractivity contribution is 5.78. The molecule has 0 saturated heterocycles. The molecule has 1 atom stereocenters. The van der Waals surface area contributed by atoms with E-state index < -0.39 is 11.5 Å². The summed E-state index contributed by atoms with van der Waals surface area (Å²) in [5.74, 6) is -0.744. The average molecular weight is 301 g/mol. The molecule has 126 valence electrons. The Morgan fingerprint density at radius 2 is 1.76 bits per heavy atom. The number of hydrogen-bond acceptors (Lipinski definition) is 4. The number of rotatable bonds is 13. The third-order valence-electron chi connectivity index (χ3n) is 3.92. The van der Waals surface area contributed by atoms with E-state index in [1.165, 1.54) is 0 Å². The van der Waals surface area contributed by atoms with E-state index in [-0.39, 0.29) is 0 Å². The summed E-state index contributed by atoms with van der Waals surface area (Å²) in [5.41, 5.74) is -0.793. The Hall–Kier alpha value is -0.650. The number of carboxylic acid groups (broad SMARTS) is 1. The van der Waals surface area contributed by atoms with Gasteiger partial charge < -0.3 is 20.2 Å². The van der Waals surface area contributed by atoms with Crippen molar-refractivity contribution in [1.29, 1.82) is 0 Å². The molecule has 0 amide bonds. The van der Waals surface area contributed by atoms with E-state index in [2.05, 4.69) is 43.1 Å². The summed E-state index contributed by atoms with van der Waals surface area (Å²) >= 11 is 0. The first-order valence-electron chi connectivity index (χ1n) is 8.21. The Balaban J connectivity index is 4.12. The first-order chi connectivity index (χ1) is 9.85. The summed E-state index contributed by atoms with van der Waals surface area (Å²) in [6.45, 7) is 11.0. The Labute approximate surface area is 130 Å². The molecule has 1 unspecified atom stereocenters. The van der Waals surface area contributed by atoms with Gasteiger partial charge in [0.15, 0.2) is 0 Å². The van der Waals surface area contributed by atoms with E-state index in [0.717, 1.165) is 52.0 Å². The fourth-order valence-corrected chi connectivity index (χ4v) is 2.37. The number of hydrogen-bond donors (Lipinski definition) is 2. The van der Waals surface area contributed by atoms with Crippen molar-refractivity contribution in [2.45, 2.75) is 52.0 Å². The molecular formula is C16H35N3O2. The second kappa shape index (κ2) is 11.0. The second-order valence-corrected chi connectivity index (χ2v) is 6.26. The summed E-state index contributed by atoms with van der Waals surface area (Å²) in [6, 6.07) is 0. The monoisotopic (exact) mass is 301 g/mol. The normalized spacial score (nSPS) is 14.6. The zero-order valence-electron chi connectivity index (χ0n) is 14.6. The molecule has 0 aliphatic heterocycles. The van der Waals surface area contributed by atoms with Crippen molar-refractivity contribution in [1.82, 2.24) is 15.1 Å². The summed E-state index contributed by atoms with van der Waals surface area (Å²) in [4.78, 5) is 16.0. The van der Waals surface area contributed by atoms with Crippen molar-refractivity contribution in [2.24, 2.45) is 0 Å². The number of nitrogens with zero attached hydrogens (tertiary/aromatic N) is 2. The van der Waals surface area contributed by atoms with Gasteiger partial charge in [-0.25, -0.2) is 0 Å². The maximum absolute atomic E-state index is 11.4. The third kappa shape index (κ3) is 9.06. The molecule has 0 rings (SSSR count).